The van der Waals surface area contributed by atoms with Crippen LogP contribution in [0.25, 0.3) is 0 Å². The predicted octanol–water partition coefficient (Wildman–Crippen LogP) is 26.0. The van der Waals surface area contributed by atoms with Crippen molar-refractivity contribution in [2.75, 3.05) is 13.2 Å². The standard InChI is InChI=1S/C80H155NO5/c1-3-5-7-9-11-13-15-17-19-20-21-39-42-45-48-52-56-60-64-68-72-78(83)77(76-82)81-79(84)73-69-65-61-57-53-49-46-43-40-37-35-33-31-29-27-25-23-22-24-26-28-30-32-34-36-38-41-44-47-51-55-59-63-67-71-75-86-80(85)74-70-66-62-58-54-50-18-16-14-12-10-8-6-4-2/h24,26,68,72,77-78,82-83H,3-23,25,27-67,69-71,73-76H2,1-2H3,(H,81,84)/b26-24-,72-68+. The van der Waals surface area contributed by atoms with Gasteiger partial charge in [0, 0.05) is 12.8 Å². The van der Waals surface area contributed by atoms with Crippen LogP contribution in [0.15, 0.2) is 24.3 Å². The van der Waals surface area contributed by atoms with Gasteiger partial charge in [-0.3, -0.25) is 9.59 Å². The lowest BCUT2D eigenvalue weighted by Gasteiger charge is -2.20. The lowest BCUT2D eigenvalue weighted by molar-refractivity contribution is -0.143. The number of aliphatic hydroxyl groups excluding tert-OH is 2. The summed E-state index contributed by atoms with van der Waals surface area (Å²) in [7, 11) is 0. The number of carbonyl (C=O) groups is 2. The maximum absolute atomic E-state index is 12.5. The zero-order valence-corrected chi connectivity index (χ0v) is 58.6. The summed E-state index contributed by atoms with van der Waals surface area (Å²) in [5.41, 5.74) is 0. The molecule has 510 valence electrons. The van der Waals surface area contributed by atoms with Crippen molar-refractivity contribution < 1.29 is 24.5 Å². The molecule has 0 aromatic rings. The number of rotatable bonds is 75. The number of esters is 1. The second-order valence-corrected chi connectivity index (χ2v) is 27.4. The van der Waals surface area contributed by atoms with Crippen LogP contribution in [-0.2, 0) is 14.3 Å². The average molecular weight is 1210 g/mol. The minimum absolute atomic E-state index is 0.0232. The molecule has 1 amide bonds. The Bertz CT molecular complexity index is 1350. The Morgan fingerprint density at radius 2 is 0.547 bits per heavy atom. The Kier molecular flexibility index (Phi) is 74.3. The molecular weight excluding hydrogens is 1050 g/mol. The summed E-state index contributed by atoms with van der Waals surface area (Å²) in [6.07, 6.45) is 97.3. The molecule has 0 radical (unpaired) electrons. The number of hydrogen-bond donors (Lipinski definition) is 3. The molecule has 3 N–H and O–H groups in total. The van der Waals surface area contributed by atoms with E-state index in [9.17, 15) is 19.8 Å². The van der Waals surface area contributed by atoms with E-state index in [1.165, 1.54) is 385 Å². The summed E-state index contributed by atoms with van der Waals surface area (Å²) in [4.78, 5) is 24.6. The second-order valence-electron chi connectivity index (χ2n) is 27.4. The Morgan fingerprint density at radius 3 is 0.826 bits per heavy atom. The number of amides is 1. The fraction of sp³-hybridized carbons (Fsp3) is 0.925. The van der Waals surface area contributed by atoms with Crippen LogP contribution in [0.3, 0.4) is 0 Å². The maximum atomic E-state index is 12.5. The summed E-state index contributed by atoms with van der Waals surface area (Å²) in [5.74, 6) is -0.0366. The molecule has 0 rings (SSSR count). The summed E-state index contributed by atoms with van der Waals surface area (Å²) >= 11 is 0. The molecule has 6 heteroatoms. The van der Waals surface area contributed by atoms with E-state index in [1.807, 2.05) is 6.08 Å². The largest absolute Gasteiger partial charge is 0.466 e. The lowest BCUT2D eigenvalue weighted by atomic mass is 10.0. The minimum atomic E-state index is -0.843. The van der Waals surface area contributed by atoms with Gasteiger partial charge in [0.2, 0.25) is 5.91 Å². The summed E-state index contributed by atoms with van der Waals surface area (Å²) in [6.45, 7) is 4.96. The minimum Gasteiger partial charge on any atom is -0.466 e. The van der Waals surface area contributed by atoms with Crippen molar-refractivity contribution in [3.05, 3.63) is 24.3 Å². The molecule has 0 saturated heterocycles. The van der Waals surface area contributed by atoms with Crippen LogP contribution in [0.4, 0.5) is 0 Å². The van der Waals surface area contributed by atoms with Crippen LogP contribution in [0, 0.1) is 0 Å². The number of ether oxygens (including phenoxy) is 1. The topological polar surface area (TPSA) is 95.9 Å². The van der Waals surface area contributed by atoms with Gasteiger partial charge in [-0.2, -0.15) is 0 Å². The number of allylic oxidation sites excluding steroid dienone is 3. The number of unbranched alkanes of at least 4 members (excludes halogenated alkanes) is 62. The normalized spacial score (nSPS) is 12.6. The van der Waals surface area contributed by atoms with Crippen molar-refractivity contribution in [1.82, 2.24) is 5.32 Å². The van der Waals surface area contributed by atoms with E-state index in [4.69, 9.17) is 4.74 Å². The molecule has 0 aliphatic rings. The van der Waals surface area contributed by atoms with Crippen molar-refractivity contribution in [3.8, 4) is 0 Å². The van der Waals surface area contributed by atoms with E-state index in [2.05, 4.69) is 31.3 Å². The first kappa shape index (κ1) is 84.3. The molecule has 0 heterocycles. The fourth-order valence-corrected chi connectivity index (χ4v) is 12.7. The Labute approximate surface area is 539 Å². The molecule has 0 aliphatic carbocycles. The first-order chi connectivity index (χ1) is 42.5. The summed E-state index contributed by atoms with van der Waals surface area (Å²) < 4.78 is 5.50. The lowest BCUT2D eigenvalue weighted by Crippen LogP contribution is -2.45. The molecule has 86 heavy (non-hydrogen) atoms. The zero-order chi connectivity index (χ0) is 62.0. The molecule has 0 aromatic carbocycles. The van der Waals surface area contributed by atoms with Gasteiger partial charge in [0.1, 0.15) is 0 Å². The van der Waals surface area contributed by atoms with E-state index in [-0.39, 0.29) is 18.5 Å². The Balaban J connectivity index is 3.35. The maximum Gasteiger partial charge on any atom is 0.305 e. The van der Waals surface area contributed by atoms with Gasteiger partial charge in [-0.25, -0.2) is 0 Å². The van der Waals surface area contributed by atoms with E-state index in [1.54, 1.807) is 6.08 Å². The van der Waals surface area contributed by atoms with Crippen LogP contribution in [0.2, 0.25) is 0 Å². The van der Waals surface area contributed by atoms with E-state index < -0.39 is 12.1 Å². The van der Waals surface area contributed by atoms with E-state index in [0.29, 0.717) is 19.4 Å². The van der Waals surface area contributed by atoms with Crippen molar-refractivity contribution in [2.45, 2.75) is 463 Å². The highest BCUT2D eigenvalue weighted by molar-refractivity contribution is 5.76. The van der Waals surface area contributed by atoms with Gasteiger partial charge in [-0.1, -0.05) is 404 Å². The SMILES string of the molecule is CCCCCCCCCCCCCCCCCCCC/C=C/C(O)C(CO)NC(=O)CCCCCCCCCCCCCCCCCCC/C=C\CCCCCCCCCCCCCCCCOC(=O)CCCCCCCCCCCCCCCC. The molecule has 0 bridgehead atoms. The molecule has 0 aliphatic heterocycles. The van der Waals surface area contributed by atoms with Gasteiger partial charge in [-0.15, -0.1) is 0 Å². The summed E-state index contributed by atoms with van der Waals surface area (Å²) in [6, 6.07) is -0.626. The number of carbonyl (C=O) groups excluding carboxylic acids is 2. The van der Waals surface area contributed by atoms with Crippen molar-refractivity contribution in [2.24, 2.45) is 0 Å². The summed E-state index contributed by atoms with van der Waals surface area (Å²) in [5, 5.41) is 23.3. The molecule has 0 saturated carbocycles. The molecule has 0 fully saturated rings. The van der Waals surface area contributed by atoms with E-state index in [0.717, 1.165) is 38.5 Å². The van der Waals surface area contributed by atoms with Crippen LogP contribution in [-0.4, -0.2) is 47.4 Å². The number of nitrogens with one attached hydrogen (secondary N) is 1. The fourth-order valence-electron chi connectivity index (χ4n) is 12.7. The molecule has 0 spiro atoms. The highest BCUT2D eigenvalue weighted by Gasteiger charge is 2.18. The quantitative estimate of drug-likeness (QED) is 0.0320. The monoisotopic (exact) mass is 1210 g/mol. The van der Waals surface area contributed by atoms with Gasteiger partial charge >= 0.3 is 5.97 Å². The van der Waals surface area contributed by atoms with Gasteiger partial charge < -0.3 is 20.3 Å². The highest BCUT2D eigenvalue weighted by atomic mass is 16.5. The third-order valence-electron chi connectivity index (χ3n) is 18.7. The van der Waals surface area contributed by atoms with Gasteiger partial charge in [0.05, 0.1) is 25.4 Å². The third-order valence-corrected chi connectivity index (χ3v) is 18.7. The second kappa shape index (κ2) is 75.8. The van der Waals surface area contributed by atoms with Crippen LogP contribution < -0.4 is 5.32 Å². The molecule has 2 unspecified atom stereocenters. The third kappa shape index (κ3) is 71.4. The predicted molar refractivity (Wildman–Crippen MR) is 380 cm³/mol. The smallest absolute Gasteiger partial charge is 0.305 e. The first-order valence-electron chi connectivity index (χ1n) is 39.6. The Morgan fingerprint density at radius 1 is 0.314 bits per heavy atom. The van der Waals surface area contributed by atoms with Gasteiger partial charge in [-0.05, 0) is 57.8 Å². The zero-order valence-electron chi connectivity index (χ0n) is 58.6. The molecule has 6 nitrogen and oxygen atoms in total. The van der Waals surface area contributed by atoms with Crippen LogP contribution in [0.5, 0.6) is 0 Å². The Hall–Kier alpha value is -1.66. The van der Waals surface area contributed by atoms with Crippen LogP contribution in [0.1, 0.15) is 450 Å². The number of hydrogen-bond acceptors (Lipinski definition) is 5. The average Bonchev–Trinajstić information content (AvgIpc) is 3.58. The molecule has 2 atom stereocenters. The molecule has 0 aromatic heterocycles. The first-order valence-corrected chi connectivity index (χ1v) is 39.6. The van der Waals surface area contributed by atoms with Gasteiger partial charge in [0.15, 0.2) is 0 Å². The van der Waals surface area contributed by atoms with E-state index >= 15 is 0 Å². The van der Waals surface area contributed by atoms with Gasteiger partial charge in [0.25, 0.3) is 0 Å². The van der Waals surface area contributed by atoms with Crippen molar-refractivity contribution >= 4 is 11.9 Å². The highest BCUT2D eigenvalue weighted by Crippen LogP contribution is 2.20. The van der Waals surface area contributed by atoms with Crippen LogP contribution >= 0.6 is 0 Å². The van der Waals surface area contributed by atoms with Crippen molar-refractivity contribution in [3.63, 3.8) is 0 Å². The number of aliphatic hydroxyl groups is 2. The molecular formula is C80H155NO5. The van der Waals surface area contributed by atoms with Crippen molar-refractivity contribution in [1.29, 1.82) is 0 Å².